The number of nitrogens with zero attached hydrogens (tertiary/aromatic N) is 2. The second kappa shape index (κ2) is 17.9. The van der Waals surface area contributed by atoms with E-state index in [-0.39, 0.29) is 62.3 Å². The van der Waals surface area contributed by atoms with Gasteiger partial charge in [-0.15, -0.1) is 0 Å². The Labute approximate surface area is 316 Å². The molecule has 0 bridgehead atoms. The number of benzene rings is 2. The Hall–Kier alpha value is -3.31. The molecule has 2 aromatic carbocycles. The Morgan fingerprint density at radius 3 is 1.36 bits per heavy atom. The first-order valence-corrected chi connectivity index (χ1v) is 21.6. The Bertz CT molecular complexity index is 1670. The zero-order valence-electron chi connectivity index (χ0n) is 32.4. The molecular weight excluding hydrogens is 720 g/mol. The van der Waals surface area contributed by atoms with Crippen molar-refractivity contribution in [3.8, 4) is 0 Å². The maximum atomic E-state index is 17.8. The number of methoxy groups -OCH3 is 2. The van der Waals surface area contributed by atoms with Crippen LogP contribution in [-0.2, 0) is 35.7 Å². The van der Waals surface area contributed by atoms with Crippen molar-refractivity contribution in [3.05, 3.63) is 91.7 Å². The molecule has 0 atom stereocenters. The summed E-state index contributed by atoms with van der Waals surface area (Å²) in [4.78, 5) is 30.9. The van der Waals surface area contributed by atoms with Gasteiger partial charge < -0.3 is 0 Å². The minimum absolute atomic E-state index is 0.0265. The SMILES string of the molecule is CCCC(C)(C)C(=O)N(CCOC)c1ccc(F)[c]([Ti]([C]2=CC=CC2)([C]2=CC=CC2)[c]2c(F)ccc(N(CCOC)C(=O)C(C)(C)CCC)c2F)c1F. The molecule has 0 heterocycles. The van der Waals surface area contributed by atoms with E-state index in [0.717, 1.165) is 12.1 Å². The van der Waals surface area contributed by atoms with E-state index in [1.807, 2.05) is 13.8 Å². The molecule has 2 aromatic rings. The van der Waals surface area contributed by atoms with Crippen molar-refractivity contribution < 1.29 is 53.2 Å². The fourth-order valence-electron chi connectivity index (χ4n) is 7.83. The molecule has 2 amide bonds. The number of anilines is 2. The standard InChI is InChI=1S/2C16H22F2NO2.2C5H5.Ti/c2*1-5-8-16(2,3)15(20)19(9-10-21-4)14-7-6-12(17)11-13(14)18;2*1-2-4-5-3-1;/h2*6-7H,5,8-10H2,1-4H3;2*1-3H,4H2;. The Balaban J connectivity index is 2.14. The van der Waals surface area contributed by atoms with Crippen molar-refractivity contribution in [3.63, 3.8) is 0 Å². The van der Waals surface area contributed by atoms with E-state index < -0.39 is 58.4 Å². The summed E-state index contributed by atoms with van der Waals surface area (Å²) in [7, 11) is 2.93. The molecule has 0 unspecified atom stereocenters. The molecule has 0 fully saturated rings. The zero-order valence-corrected chi connectivity index (χ0v) is 33.9. The summed E-state index contributed by atoms with van der Waals surface area (Å²) in [6.07, 6.45) is 13.4. The summed E-state index contributed by atoms with van der Waals surface area (Å²) in [6, 6.07) is 4.65. The number of ether oxygens (including phenoxy) is 2. The summed E-state index contributed by atoms with van der Waals surface area (Å²) in [6.45, 7) is 11.1. The van der Waals surface area contributed by atoms with Gasteiger partial charge in [0.25, 0.3) is 0 Å². The van der Waals surface area contributed by atoms with Crippen LogP contribution in [0.4, 0.5) is 28.9 Å². The summed E-state index contributed by atoms with van der Waals surface area (Å²) in [5.41, 5.74) is -2.16. The Morgan fingerprint density at radius 2 is 1.06 bits per heavy atom. The van der Waals surface area contributed by atoms with Gasteiger partial charge in [0, 0.05) is 0 Å². The maximum absolute atomic E-state index is 17.8. The van der Waals surface area contributed by atoms with E-state index in [4.69, 9.17) is 9.47 Å². The van der Waals surface area contributed by atoms with Gasteiger partial charge in [0.05, 0.1) is 0 Å². The van der Waals surface area contributed by atoms with Gasteiger partial charge in [0.15, 0.2) is 0 Å². The van der Waals surface area contributed by atoms with Crippen LogP contribution < -0.4 is 17.5 Å². The van der Waals surface area contributed by atoms with Crippen LogP contribution in [0.5, 0.6) is 0 Å². The third kappa shape index (κ3) is 8.36. The molecule has 53 heavy (non-hydrogen) atoms. The molecule has 0 N–H and O–H groups in total. The molecule has 0 spiro atoms. The van der Waals surface area contributed by atoms with Crippen LogP contribution in [0.25, 0.3) is 0 Å². The molecule has 2 aliphatic carbocycles. The number of carbonyl (C=O) groups excluding carboxylic acids is 2. The molecule has 4 rings (SSSR count). The fourth-order valence-corrected chi connectivity index (χ4v) is 16.1. The summed E-state index contributed by atoms with van der Waals surface area (Å²) >= 11 is -5.33. The van der Waals surface area contributed by atoms with Crippen molar-refractivity contribution in [2.75, 3.05) is 50.3 Å². The Kier molecular flexibility index (Phi) is 14.3. The molecule has 0 radical (unpaired) electrons. The molecule has 2 aliphatic rings. The van der Waals surface area contributed by atoms with Gasteiger partial charge in [0.1, 0.15) is 0 Å². The second-order valence-electron chi connectivity index (χ2n) is 15.1. The number of hydrogen-bond donors (Lipinski definition) is 0. The molecule has 11 heteroatoms. The van der Waals surface area contributed by atoms with Gasteiger partial charge in [-0.3, -0.25) is 0 Å². The quantitative estimate of drug-likeness (QED) is 0.113. The normalized spacial score (nSPS) is 14.5. The molecule has 288 valence electrons. The van der Waals surface area contributed by atoms with Gasteiger partial charge in [-0.05, 0) is 0 Å². The molecular formula is C42H54F4N2O4Ti. The van der Waals surface area contributed by atoms with Gasteiger partial charge in [-0.1, -0.05) is 0 Å². The number of amides is 2. The van der Waals surface area contributed by atoms with E-state index in [2.05, 4.69) is 0 Å². The van der Waals surface area contributed by atoms with Gasteiger partial charge in [-0.25, -0.2) is 0 Å². The number of halogens is 4. The van der Waals surface area contributed by atoms with Crippen LogP contribution in [0.1, 0.15) is 80.1 Å². The van der Waals surface area contributed by atoms with Crippen molar-refractivity contribution in [2.45, 2.75) is 80.1 Å². The molecule has 0 saturated carbocycles. The van der Waals surface area contributed by atoms with Crippen LogP contribution >= 0.6 is 0 Å². The van der Waals surface area contributed by atoms with Crippen molar-refractivity contribution in [1.82, 2.24) is 0 Å². The second-order valence-corrected chi connectivity index (χ2v) is 21.0. The minimum atomic E-state index is -5.33. The number of carbonyl (C=O) groups is 2. The van der Waals surface area contributed by atoms with Crippen LogP contribution in [0.15, 0.2) is 68.5 Å². The van der Waals surface area contributed by atoms with Crippen molar-refractivity contribution >= 4 is 30.9 Å². The van der Waals surface area contributed by atoms with Gasteiger partial charge in [-0.2, -0.15) is 0 Å². The zero-order chi connectivity index (χ0) is 39.1. The predicted octanol–water partition coefficient (Wildman–Crippen LogP) is 8.65. The average Bonchev–Trinajstić information content (AvgIpc) is 3.85. The van der Waals surface area contributed by atoms with Crippen molar-refractivity contribution in [1.29, 1.82) is 0 Å². The first-order valence-electron chi connectivity index (χ1n) is 18.5. The van der Waals surface area contributed by atoms with Crippen LogP contribution in [0.2, 0.25) is 0 Å². The first-order chi connectivity index (χ1) is 25.1. The van der Waals surface area contributed by atoms with E-state index >= 15 is 17.6 Å². The number of rotatable bonds is 18. The van der Waals surface area contributed by atoms with E-state index in [1.54, 1.807) is 64.2 Å². The first kappa shape index (κ1) is 42.4. The summed E-state index contributed by atoms with van der Waals surface area (Å²) < 4.78 is 80.3. The van der Waals surface area contributed by atoms with Crippen LogP contribution in [0.3, 0.4) is 0 Å². The predicted molar refractivity (Wildman–Crippen MR) is 201 cm³/mol. The summed E-state index contributed by atoms with van der Waals surface area (Å²) in [5, 5.41) is 0. The number of hydrogen-bond acceptors (Lipinski definition) is 4. The fraction of sp³-hybridized carbons (Fsp3) is 0.476. The third-order valence-electron chi connectivity index (χ3n) is 10.4. The van der Waals surface area contributed by atoms with Crippen LogP contribution in [-0.4, -0.2) is 52.3 Å². The van der Waals surface area contributed by atoms with E-state index in [9.17, 15) is 9.59 Å². The van der Waals surface area contributed by atoms with Gasteiger partial charge >= 0.3 is 317 Å². The topological polar surface area (TPSA) is 59.1 Å². The molecule has 6 nitrogen and oxygen atoms in total. The molecule has 0 aromatic heterocycles. The van der Waals surface area contributed by atoms with Crippen molar-refractivity contribution in [2.24, 2.45) is 10.8 Å². The monoisotopic (exact) mass is 774 g/mol. The van der Waals surface area contributed by atoms with E-state index in [1.165, 1.54) is 36.2 Å². The third-order valence-corrected chi connectivity index (χ3v) is 18.4. The van der Waals surface area contributed by atoms with E-state index in [0.29, 0.717) is 33.4 Å². The average molecular weight is 775 g/mol. The van der Waals surface area contributed by atoms with Crippen LogP contribution in [0, 0.1) is 34.1 Å². The molecule has 0 aliphatic heterocycles. The molecule has 0 saturated heterocycles. The Morgan fingerprint density at radius 1 is 0.679 bits per heavy atom. The van der Waals surface area contributed by atoms with Gasteiger partial charge in [0.2, 0.25) is 0 Å². The summed E-state index contributed by atoms with van der Waals surface area (Å²) in [5.74, 6) is -4.75. The number of allylic oxidation sites excluding steroid dienone is 8.